The summed E-state index contributed by atoms with van der Waals surface area (Å²) in [5.74, 6) is 0.168. The highest BCUT2D eigenvalue weighted by molar-refractivity contribution is 6.06. The smallest absolute Gasteiger partial charge is 0.407 e. The second-order valence-electron chi connectivity index (χ2n) is 11.2. The lowest BCUT2D eigenvalue weighted by atomic mass is 10.1. The van der Waals surface area contributed by atoms with Gasteiger partial charge in [0.2, 0.25) is 5.95 Å². The molecule has 0 aliphatic heterocycles. The molecule has 12 nitrogen and oxygen atoms in total. The molecule has 0 aliphatic rings. The number of hydrogen-bond acceptors (Lipinski definition) is 7. The molecule has 222 valence electrons. The molecule has 4 rings (SSSR count). The molecule has 0 saturated heterocycles. The molecule has 2 amide bonds. The molecular weight excluding hydrogens is 538 g/mol. The molecule has 4 aromatic rings. The first-order valence-electron chi connectivity index (χ1n) is 13.8. The Bertz CT molecular complexity index is 1620. The first-order chi connectivity index (χ1) is 19.9. The van der Waals surface area contributed by atoms with Gasteiger partial charge in [0.15, 0.2) is 5.82 Å². The highest BCUT2D eigenvalue weighted by Gasteiger charge is 2.23. The van der Waals surface area contributed by atoms with Crippen LogP contribution < -0.4 is 10.6 Å². The van der Waals surface area contributed by atoms with Crippen LogP contribution in [0.2, 0.25) is 0 Å². The Morgan fingerprint density at radius 2 is 1.76 bits per heavy atom. The van der Waals surface area contributed by atoms with Crippen LogP contribution in [0.4, 0.5) is 10.7 Å². The number of hydrogen-bond donors (Lipinski definition) is 3. The van der Waals surface area contributed by atoms with Crippen molar-refractivity contribution in [3.05, 3.63) is 59.4 Å². The Morgan fingerprint density at radius 1 is 1.05 bits per heavy atom. The Morgan fingerprint density at radius 3 is 2.43 bits per heavy atom. The summed E-state index contributed by atoms with van der Waals surface area (Å²) in [6.07, 6.45) is 1.80. The first-order valence-corrected chi connectivity index (χ1v) is 13.8. The number of carboxylic acids is 1. The molecule has 0 aliphatic carbocycles. The van der Waals surface area contributed by atoms with Gasteiger partial charge < -0.3 is 24.3 Å². The van der Waals surface area contributed by atoms with E-state index in [4.69, 9.17) is 9.72 Å². The van der Waals surface area contributed by atoms with Crippen LogP contribution in [0.25, 0.3) is 22.4 Å². The first kappa shape index (κ1) is 30.2. The average molecular weight is 576 g/mol. The minimum atomic E-state index is -1.12. The number of imidazole rings is 1. The maximum atomic E-state index is 13.3. The van der Waals surface area contributed by atoms with E-state index in [1.807, 2.05) is 69.0 Å². The van der Waals surface area contributed by atoms with Crippen LogP contribution in [0, 0.1) is 6.92 Å². The van der Waals surface area contributed by atoms with Crippen LogP contribution in [0.15, 0.2) is 42.5 Å². The van der Waals surface area contributed by atoms with E-state index in [0.29, 0.717) is 23.8 Å². The van der Waals surface area contributed by atoms with Crippen LogP contribution in [-0.4, -0.2) is 59.5 Å². The maximum Gasteiger partial charge on any atom is 0.407 e. The zero-order valence-electron chi connectivity index (χ0n) is 24.8. The summed E-state index contributed by atoms with van der Waals surface area (Å²) in [6, 6.07) is 11.5. The third-order valence-electron chi connectivity index (χ3n) is 6.80. The van der Waals surface area contributed by atoms with Crippen molar-refractivity contribution in [2.75, 3.05) is 11.9 Å². The van der Waals surface area contributed by atoms with Gasteiger partial charge in [-0.2, -0.15) is 0 Å². The predicted molar refractivity (Wildman–Crippen MR) is 159 cm³/mol. The van der Waals surface area contributed by atoms with E-state index in [0.717, 1.165) is 36.2 Å². The van der Waals surface area contributed by atoms with Crippen molar-refractivity contribution in [3.63, 3.8) is 0 Å². The number of para-hydroxylation sites is 1. The Labute approximate surface area is 244 Å². The van der Waals surface area contributed by atoms with Crippen molar-refractivity contribution < 1.29 is 24.2 Å². The number of aromatic carboxylic acids is 1. The molecule has 0 saturated carbocycles. The number of unbranched alkanes of at least 4 members (excludes halogenated alkanes) is 1. The number of alkyl carbamates (subject to hydrolysis) is 1. The van der Waals surface area contributed by atoms with E-state index >= 15 is 0 Å². The molecule has 0 bridgehead atoms. The highest BCUT2D eigenvalue weighted by Crippen LogP contribution is 2.34. The number of carboxylic acid groups (broad SMARTS) is 1. The van der Waals surface area contributed by atoms with Gasteiger partial charge in [0.05, 0.1) is 16.6 Å². The molecule has 12 heteroatoms. The Hall–Kier alpha value is -4.74. The third kappa shape index (κ3) is 6.93. The monoisotopic (exact) mass is 575 g/mol. The van der Waals surface area contributed by atoms with Gasteiger partial charge >= 0.3 is 12.1 Å². The van der Waals surface area contributed by atoms with Gasteiger partial charge in [-0.25, -0.2) is 14.6 Å². The van der Waals surface area contributed by atoms with Gasteiger partial charge in [0.25, 0.3) is 5.91 Å². The Kier molecular flexibility index (Phi) is 8.93. The number of nitrogens with zero attached hydrogens (tertiary/aromatic N) is 5. The number of carbonyl (C=O) groups is 3. The summed E-state index contributed by atoms with van der Waals surface area (Å²) >= 11 is 0. The van der Waals surface area contributed by atoms with Crippen LogP contribution in [0.3, 0.4) is 0 Å². The van der Waals surface area contributed by atoms with Gasteiger partial charge in [-0.15, -0.1) is 10.2 Å². The molecule has 3 N–H and O–H groups in total. The highest BCUT2D eigenvalue weighted by atomic mass is 16.6. The van der Waals surface area contributed by atoms with Gasteiger partial charge in [-0.05, 0) is 84.2 Å². The van der Waals surface area contributed by atoms with Crippen molar-refractivity contribution in [2.24, 2.45) is 7.05 Å². The lowest BCUT2D eigenvalue weighted by molar-refractivity contribution is 0.0526. The van der Waals surface area contributed by atoms with Crippen molar-refractivity contribution in [2.45, 2.75) is 65.5 Å². The van der Waals surface area contributed by atoms with Crippen molar-refractivity contribution in [1.82, 2.24) is 29.6 Å². The molecule has 0 fully saturated rings. The number of nitrogens with one attached hydrogen (secondary N) is 2. The van der Waals surface area contributed by atoms with Crippen molar-refractivity contribution in [1.29, 1.82) is 0 Å². The fraction of sp³-hybridized carbons (Fsp3) is 0.400. The fourth-order valence-electron chi connectivity index (χ4n) is 4.65. The number of rotatable bonds is 10. The predicted octanol–water partition coefficient (Wildman–Crippen LogP) is 5.35. The van der Waals surface area contributed by atoms with Crippen LogP contribution in [0.1, 0.15) is 79.5 Å². The number of carbonyl (C=O) groups excluding carboxylic acids is 2. The van der Waals surface area contributed by atoms with Crippen LogP contribution >= 0.6 is 0 Å². The van der Waals surface area contributed by atoms with Gasteiger partial charge in [-0.1, -0.05) is 12.1 Å². The molecule has 2 aromatic heterocycles. The summed E-state index contributed by atoms with van der Waals surface area (Å²) in [7, 11) is 1.89. The van der Waals surface area contributed by atoms with Crippen molar-refractivity contribution >= 4 is 35.0 Å². The number of benzene rings is 2. The van der Waals surface area contributed by atoms with Gasteiger partial charge in [-0.3, -0.25) is 10.1 Å². The number of aromatic nitrogens is 5. The molecule has 2 heterocycles. The summed E-state index contributed by atoms with van der Waals surface area (Å²) in [5, 5.41) is 23.7. The van der Waals surface area contributed by atoms with E-state index in [1.54, 1.807) is 6.07 Å². The molecule has 0 unspecified atom stereocenters. The second-order valence-corrected chi connectivity index (χ2v) is 11.2. The summed E-state index contributed by atoms with van der Waals surface area (Å²) < 4.78 is 9.18. The van der Waals surface area contributed by atoms with Gasteiger partial charge in [0.1, 0.15) is 11.4 Å². The fourth-order valence-corrected chi connectivity index (χ4v) is 4.65. The molecule has 2 aromatic carbocycles. The minimum Gasteiger partial charge on any atom is -0.478 e. The molecule has 0 radical (unpaired) electrons. The van der Waals surface area contributed by atoms with E-state index in [-0.39, 0.29) is 17.2 Å². The third-order valence-corrected chi connectivity index (χ3v) is 6.80. The zero-order chi connectivity index (χ0) is 30.6. The second kappa shape index (κ2) is 12.4. The number of amides is 2. The quantitative estimate of drug-likeness (QED) is 0.214. The standard InChI is InChI=1S/C30H37N7O5/c1-18(11-7-8-16-31-29(41)42-30(3,4)5)37-24-22(25-35-34-19(2)36(25)6)14-10-15-23(24)32-28(37)33-26(38)20-12-9-13-21(17-20)27(39)40/h9-10,12-15,17-18H,7-8,11,16H2,1-6H3,(H,31,41)(H,39,40)(H,32,33,38)/t18-/m1/s1. The van der Waals surface area contributed by atoms with E-state index in [1.165, 1.54) is 18.2 Å². The van der Waals surface area contributed by atoms with Crippen LogP contribution in [0.5, 0.6) is 0 Å². The van der Waals surface area contributed by atoms with Crippen molar-refractivity contribution in [3.8, 4) is 11.4 Å². The number of ether oxygens (including phenoxy) is 1. The number of anilines is 1. The summed E-state index contributed by atoms with van der Waals surface area (Å²) in [4.78, 5) is 41.5. The maximum absolute atomic E-state index is 13.3. The number of fused-ring (bicyclic) bond motifs is 1. The molecular formula is C30H37N7O5. The minimum absolute atomic E-state index is 0.0180. The topological polar surface area (TPSA) is 153 Å². The molecule has 1 atom stereocenters. The molecule has 0 spiro atoms. The largest absolute Gasteiger partial charge is 0.478 e. The van der Waals surface area contributed by atoms with Crippen LogP contribution in [-0.2, 0) is 11.8 Å². The van der Waals surface area contributed by atoms with Gasteiger partial charge in [0, 0.05) is 30.8 Å². The van der Waals surface area contributed by atoms with E-state index in [9.17, 15) is 19.5 Å². The lowest BCUT2D eigenvalue weighted by Gasteiger charge is -2.20. The summed E-state index contributed by atoms with van der Waals surface area (Å²) in [6.45, 7) is 9.85. The lowest BCUT2D eigenvalue weighted by Crippen LogP contribution is -2.33. The normalized spacial score (nSPS) is 12.2. The summed E-state index contributed by atoms with van der Waals surface area (Å²) in [5.41, 5.74) is 1.94. The SMILES string of the molecule is Cc1nnc(-c2cccc3nc(NC(=O)c4cccc(C(=O)O)c4)n([C@H](C)CCCCNC(=O)OC(C)(C)C)c23)n1C. The van der Waals surface area contributed by atoms with E-state index < -0.39 is 23.6 Å². The van der Waals surface area contributed by atoms with E-state index in [2.05, 4.69) is 20.8 Å². The molecule has 42 heavy (non-hydrogen) atoms. The average Bonchev–Trinajstić information content (AvgIpc) is 3.46. The Balaban J connectivity index is 1.63. The zero-order valence-corrected chi connectivity index (χ0v) is 24.8. The number of aryl methyl sites for hydroxylation is 1.